The van der Waals surface area contributed by atoms with Crippen LogP contribution in [0.25, 0.3) is 11.3 Å². The zero-order valence-corrected chi connectivity index (χ0v) is 10.6. The van der Waals surface area contributed by atoms with Crippen LogP contribution in [0.4, 0.5) is 0 Å². The quantitative estimate of drug-likeness (QED) is 0.785. The van der Waals surface area contributed by atoms with Crippen LogP contribution in [0, 0.1) is 0 Å². The first kappa shape index (κ1) is 11.3. The predicted molar refractivity (Wildman–Crippen MR) is 74.9 cm³/mol. The van der Waals surface area contributed by atoms with Crippen LogP contribution in [-0.2, 0) is 0 Å². The van der Waals surface area contributed by atoms with Crippen LogP contribution >= 0.6 is 11.6 Å². The van der Waals surface area contributed by atoms with Gasteiger partial charge in [-0.2, -0.15) is 0 Å². The Labute approximate surface area is 111 Å². The van der Waals surface area contributed by atoms with Gasteiger partial charge in [-0.25, -0.2) is 4.98 Å². The number of para-hydroxylation sites is 1. The largest absolute Gasteiger partial charge is 0.298 e. The van der Waals surface area contributed by atoms with Gasteiger partial charge in [0.25, 0.3) is 0 Å². The molecule has 1 aliphatic rings. The molecule has 18 heavy (non-hydrogen) atoms. The molecule has 0 N–H and O–H groups in total. The van der Waals surface area contributed by atoms with Crippen molar-refractivity contribution >= 4 is 17.2 Å². The van der Waals surface area contributed by atoms with Gasteiger partial charge in [0.1, 0.15) is 5.82 Å². The first-order valence-electron chi connectivity index (χ1n) is 6.01. The molecule has 0 saturated carbocycles. The minimum atomic E-state index is 0.733. The number of benzene rings is 1. The number of imidazole rings is 1. The van der Waals surface area contributed by atoms with Gasteiger partial charge in [0.2, 0.25) is 0 Å². The Kier molecular flexibility index (Phi) is 3.03. The fourth-order valence-corrected chi connectivity index (χ4v) is 2.36. The normalized spacial score (nSPS) is 14.6. The van der Waals surface area contributed by atoms with Crippen molar-refractivity contribution in [2.24, 2.45) is 0 Å². The lowest BCUT2D eigenvalue weighted by molar-refractivity contribution is 0.997. The van der Waals surface area contributed by atoms with Crippen LogP contribution in [0.2, 0.25) is 5.02 Å². The highest BCUT2D eigenvalue weighted by Gasteiger charge is 2.11. The maximum atomic E-state index is 6.24. The lowest BCUT2D eigenvalue weighted by atomic mass is 10.1. The third-order valence-electron chi connectivity index (χ3n) is 3.01. The molecule has 0 fully saturated rings. The monoisotopic (exact) mass is 256 g/mol. The molecule has 1 aliphatic carbocycles. The van der Waals surface area contributed by atoms with Gasteiger partial charge in [-0.05, 0) is 25.0 Å². The number of hydrogen-bond acceptors (Lipinski definition) is 1. The van der Waals surface area contributed by atoms with E-state index < -0.39 is 0 Å². The number of halogens is 1. The molecule has 1 heterocycles. The topological polar surface area (TPSA) is 17.8 Å². The fraction of sp³-hybridized carbons (Fsp3) is 0.133. The van der Waals surface area contributed by atoms with E-state index in [2.05, 4.69) is 23.2 Å². The average molecular weight is 257 g/mol. The predicted octanol–water partition coefficient (Wildman–Crippen LogP) is 4.26. The van der Waals surface area contributed by atoms with Gasteiger partial charge in [0, 0.05) is 18.0 Å². The molecule has 2 aromatic rings. The van der Waals surface area contributed by atoms with Crippen molar-refractivity contribution in [2.75, 3.05) is 0 Å². The molecule has 0 amide bonds. The Bertz CT molecular complexity index is 623. The highest BCUT2D eigenvalue weighted by atomic mass is 35.5. The maximum Gasteiger partial charge on any atom is 0.144 e. The third-order valence-corrected chi connectivity index (χ3v) is 3.33. The molecule has 1 aromatic heterocycles. The summed E-state index contributed by atoms with van der Waals surface area (Å²) < 4.78 is 2.03. The van der Waals surface area contributed by atoms with Gasteiger partial charge in [-0.3, -0.25) is 4.57 Å². The van der Waals surface area contributed by atoms with Crippen molar-refractivity contribution in [1.82, 2.24) is 9.55 Å². The van der Waals surface area contributed by atoms with Gasteiger partial charge in [-0.15, -0.1) is 0 Å². The van der Waals surface area contributed by atoms with Crippen LogP contribution in [0.15, 0.2) is 54.9 Å². The summed E-state index contributed by atoms with van der Waals surface area (Å²) in [6.45, 7) is 0. The van der Waals surface area contributed by atoms with Crippen LogP contribution in [0.3, 0.4) is 0 Å². The maximum absolute atomic E-state index is 6.24. The number of allylic oxidation sites excluding steroid dienone is 4. The third kappa shape index (κ3) is 2.00. The Hall–Kier alpha value is -1.80. The molecule has 0 atom stereocenters. The first-order valence-corrected chi connectivity index (χ1v) is 6.39. The van der Waals surface area contributed by atoms with Crippen LogP contribution in [0.1, 0.15) is 18.7 Å². The molecule has 3 rings (SSSR count). The van der Waals surface area contributed by atoms with E-state index in [4.69, 9.17) is 11.6 Å². The van der Waals surface area contributed by atoms with E-state index in [0.717, 1.165) is 34.9 Å². The number of nitrogens with zero attached hydrogens (tertiary/aromatic N) is 2. The summed E-state index contributed by atoms with van der Waals surface area (Å²) >= 11 is 6.24. The van der Waals surface area contributed by atoms with Crippen molar-refractivity contribution in [1.29, 1.82) is 0 Å². The minimum Gasteiger partial charge on any atom is -0.298 e. The summed E-state index contributed by atoms with van der Waals surface area (Å²) in [4.78, 5) is 4.44. The Morgan fingerprint density at radius 1 is 1.17 bits per heavy atom. The van der Waals surface area contributed by atoms with Gasteiger partial charge in [-0.1, -0.05) is 42.0 Å². The van der Waals surface area contributed by atoms with E-state index in [1.807, 2.05) is 41.2 Å². The molecular weight excluding hydrogens is 244 g/mol. The van der Waals surface area contributed by atoms with E-state index in [0.29, 0.717) is 0 Å². The molecule has 2 nitrogen and oxygen atoms in total. The minimum absolute atomic E-state index is 0.733. The van der Waals surface area contributed by atoms with E-state index >= 15 is 0 Å². The van der Waals surface area contributed by atoms with E-state index in [1.54, 1.807) is 0 Å². The Morgan fingerprint density at radius 2 is 2.06 bits per heavy atom. The van der Waals surface area contributed by atoms with Crippen molar-refractivity contribution < 1.29 is 0 Å². The molecule has 0 spiro atoms. The van der Waals surface area contributed by atoms with Gasteiger partial charge < -0.3 is 0 Å². The zero-order valence-electron chi connectivity index (χ0n) is 9.88. The summed E-state index contributed by atoms with van der Waals surface area (Å²) in [5.74, 6) is 0.944. The van der Waals surface area contributed by atoms with E-state index in [-0.39, 0.29) is 0 Å². The standard InChI is InChI=1S/C15H13ClN2/c16-13-8-4-5-9-14(13)18-11-10-17-15(18)12-6-2-1-3-7-12/h2,4-11H,1,3H2. The highest BCUT2D eigenvalue weighted by Crippen LogP contribution is 2.26. The average Bonchev–Trinajstić information content (AvgIpc) is 2.89. The van der Waals surface area contributed by atoms with E-state index in [1.165, 1.54) is 0 Å². The van der Waals surface area contributed by atoms with Gasteiger partial charge >= 0.3 is 0 Å². The second-order valence-corrected chi connectivity index (χ2v) is 4.62. The molecule has 3 heteroatoms. The van der Waals surface area contributed by atoms with Crippen LogP contribution < -0.4 is 0 Å². The molecule has 0 aliphatic heterocycles. The van der Waals surface area contributed by atoms with Crippen molar-refractivity contribution in [3.05, 3.63) is 65.7 Å². The van der Waals surface area contributed by atoms with Gasteiger partial charge in [0.05, 0.1) is 10.7 Å². The number of hydrogen-bond donors (Lipinski definition) is 0. The second-order valence-electron chi connectivity index (χ2n) is 4.21. The summed E-state index contributed by atoms with van der Waals surface area (Å²) in [5, 5.41) is 0.733. The van der Waals surface area contributed by atoms with Crippen molar-refractivity contribution in [3.63, 3.8) is 0 Å². The SMILES string of the molecule is Clc1ccccc1-n1ccnc1C1=CCCC=C1. The fourth-order valence-electron chi connectivity index (χ4n) is 2.14. The van der Waals surface area contributed by atoms with Crippen molar-refractivity contribution in [3.8, 4) is 5.69 Å². The lowest BCUT2D eigenvalue weighted by Gasteiger charge is -2.11. The summed E-state index contributed by atoms with van der Waals surface area (Å²) in [6.07, 6.45) is 12.5. The summed E-state index contributed by atoms with van der Waals surface area (Å²) in [6, 6.07) is 7.81. The molecule has 0 bridgehead atoms. The molecule has 90 valence electrons. The van der Waals surface area contributed by atoms with Crippen LogP contribution in [-0.4, -0.2) is 9.55 Å². The Balaban J connectivity index is 2.10. The molecule has 0 radical (unpaired) electrons. The smallest absolute Gasteiger partial charge is 0.144 e. The summed E-state index contributed by atoms with van der Waals surface area (Å²) in [5.41, 5.74) is 2.12. The highest BCUT2D eigenvalue weighted by molar-refractivity contribution is 6.32. The second kappa shape index (κ2) is 4.83. The van der Waals surface area contributed by atoms with Crippen molar-refractivity contribution in [2.45, 2.75) is 12.8 Å². The van der Waals surface area contributed by atoms with Gasteiger partial charge in [0.15, 0.2) is 0 Å². The molecule has 0 unspecified atom stereocenters. The Morgan fingerprint density at radius 3 is 2.83 bits per heavy atom. The molecule has 0 saturated heterocycles. The summed E-state index contributed by atoms with van der Waals surface area (Å²) in [7, 11) is 0. The zero-order chi connectivity index (χ0) is 12.4. The number of aromatic nitrogens is 2. The van der Waals surface area contributed by atoms with Crippen LogP contribution in [0.5, 0.6) is 0 Å². The molecular formula is C15H13ClN2. The lowest BCUT2D eigenvalue weighted by Crippen LogP contribution is -2.00. The molecule has 1 aromatic carbocycles. The first-order chi connectivity index (χ1) is 8.86. The van der Waals surface area contributed by atoms with E-state index in [9.17, 15) is 0 Å². The number of rotatable bonds is 2.